The molecule has 1 aliphatic carbocycles. The normalized spacial score (nSPS) is 19.0. The fourth-order valence-corrected chi connectivity index (χ4v) is 3.35. The third kappa shape index (κ3) is 2.57. The fraction of sp³-hybridized carbons (Fsp3) is 0.533. The zero-order chi connectivity index (χ0) is 12.5. The lowest BCUT2D eigenvalue weighted by Gasteiger charge is -2.15. The molecule has 1 aliphatic rings. The van der Waals surface area contributed by atoms with E-state index in [1.54, 1.807) is 0 Å². The summed E-state index contributed by atoms with van der Waals surface area (Å²) in [7, 11) is 0. The second-order valence-corrected chi connectivity index (χ2v) is 6.53. The van der Waals surface area contributed by atoms with Gasteiger partial charge in [0.2, 0.25) is 0 Å². The Labute approximate surface area is 112 Å². The Hall–Kier alpha value is -0.930. The largest absolute Gasteiger partial charge is 0.308 e. The van der Waals surface area contributed by atoms with E-state index in [0.29, 0.717) is 6.04 Å². The summed E-state index contributed by atoms with van der Waals surface area (Å²) in [6.07, 6.45) is 2.86. The first-order valence-corrected chi connectivity index (χ1v) is 7.64. The molecule has 3 heteroatoms. The smallest absolute Gasteiger partial charge is 0.111 e. The maximum absolute atomic E-state index is 4.71. The quantitative estimate of drug-likeness (QED) is 0.879. The predicted octanol–water partition coefficient (Wildman–Crippen LogP) is 3.99. The van der Waals surface area contributed by atoms with Gasteiger partial charge in [-0.25, -0.2) is 4.98 Å². The minimum atomic E-state index is 0.364. The van der Waals surface area contributed by atoms with Crippen LogP contribution in [-0.2, 0) is 0 Å². The van der Waals surface area contributed by atoms with Crippen LogP contribution in [0, 0.1) is 11.8 Å². The molecule has 2 nitrogen and oxygen atoms in total. The molecule has 96 valence electrons. The van der Waals surface area contributed by atoms with Crippen molar-refractivity contribution in [1.29, 1.82) is 0 Å². The molecular weight excluding hydrogens is 240 g/mol. The van der Waals surface area contributed by atoms with Gasteiger partial charge in [0.15, 0.2) is 0 Å². The van der Waals surface area contributed by atoms with E-state index < -0.39 is 0 Å². The number of thiazole rings is 1. The summed E-state index contributed by atoms with van der Waals surface area (Å²) in [6.45, 7) is 5.69. The molecule has 0 bridgehead atoms. The van der Waals surface area contributed by atoms with E-state index in [2.05, 4.69) is 43.4 Å². The van der Waals surface area contributed by atoms with Gasteiger partial charge < -0.3 is 5.32 Å². The summed E-state index contributed by atoms with van der Waals surface area (Å²) >= 11 is 1.81. The number of fused-ring (bicyclic) bond motifs is 1. The lowest BCUT2D eigenvalue weighted by Crippen LogP contribution is -2.25. The van der Waals surface area contributed by atoms with E-state index in [0.717, 1.165) is 23.9 Å². The highest BCUT2D eigenvalue weighted by molar-refractivity contribution is 7.18. The second kappa shape index (κ2) is 4.98. The van der Waals surface area contributed by atoms with E-state index >= 15 is 0 Å². The van der Waals surface area contributed by atoms with Gasteiger partial charge in [-0.3, -0.25) is 0 Å². The molecule has 18 heavy (non-hydrogen) atoms. The molecule has 0 amide bonds. The van der Waals surface area contributed by atoms with Crippen LogP contribution >= 0.6 is 11.3 Å². The molecule has 3 rings (SSSR count). The van der Waals surface area contributed by atoms with Crippen molar-refractivity contribution < 1.29 is 0 Å². The SMILES string of the molecule is CC(NCC(C)C1CC1)c1nc2ccccc2s1. The summed E-state index contributed by atoms with van der Waals surface area (Å²) in [5, 5.41) is 4.84. The van der Waals surface area contributed by atoms with Crippen molar-refractivity contribution >= 4 is 21.6 Å². The highest BCUT2D eigenvalue weighted by atomic mass is 32.1. The summed E-state index contributed by atoms with van der Waals surface area (Å²) in [4.78, 5) is 4.71. The van der Waals surface area contributed by atoms with Crippen molar-refractivity contribution in [3.63, 3.8) is 0 Å². The summed E-state index contributed by atoms with van der Waals surface area (Å²) in [5.41, 5.74) is 1.13. The van der Waals surface area contributed by atoms with Crippen LogP contribution in [0.15, 0.2) is 24.3 Å². The molecule has 1 saturated carbocycles. The van der Waals surface area contributed by atoms with Gasteiger partial charge in [-0.05, 0) is 50.3 Å². The maximum Gasteiger partial charge on any atom is 0.111 e. The number of benzene rings is 1. The molecule has 0 radical (unpaired) electrons. The van der Waals surface area contributed by atoms with E-state index in [4.69, 9.17) is 4.98 Å². The Balaban J connectivity index is 1.65. The standard InChI is InChI=1S/C15H20N2S/c1-10(12-7-8-12)9-16-11(2)15-17-13-5-3-4-6-14(13)18-15/h3-6,10-12,16H,7-9H2,1-2H3. The zero-order valence-corrected chi connectivity index (χ0v) is 11.8. The first kappa shape index (κ1) is 12.1. The summed E-state index contributed by atoms with van der Waals surface area (Å²) < 4.78 is 1.29. The molecular formula is C15H20N2S. The predicted molar refractivity (Wildman–Crippen MR) is 77.9 cm³/mol. The zero-order valence-electron chi connectivity index (χ0n) is 11.0. The van der Waals surface area contributed by atoms with Gasteiger partial charge in [0.1, 0.15) is 5.01 Å². The number of para-hydroxylation sites is 1. The Morgan fingerprint density at radius 3 is 2.83 bits per heavy atom. The average molecular weight is 260 g/mol. The number of nitrogens with one attached hydrogen (secondary N) is 1. The number of nitrogens with zero attached hydrogens (tertiary/aromatic N) is 1. The number of hydrogen-bond donors (Lipinski definition) is 1. The summed E-state index contributed by atoms with van der Waals surface area (Å²) in [6, 6.07) is 8.74. The molecule has 0 saturated heterocycles. The Morgan fingerprint density at radius 1 is 1.33 bits per heavy atom. The topological polar surface area (TPSA) is 24.9 Å². The van der Waals surface area contributed by atoms with Crippen LogP contribution in [0.3, 0.4) is 0 Å². The van der Waals surface area contributed by atoms with E-state index in [9.17, 15) is 0 Å². The monoisotopic (exact) mass is 260 g/mol. The first-order chi connectivity index (χ1) is 8.74. The van der Waals surface area contributed by atoms with Crippen LogP contribution < -0.4 is 5.32 Å². The van der Waals surface area contributed by atoms with Gasteiger partial charge in [0.05, 0.1) is 16.3 Å². The minimum absolute atomic E-state index is 0.364. The van der Waals surface area contributed by atoms with Crippen molar-refractivity contribution in [3.8, 4) is 0 Å². The molecule has 2 unspecified atom stereocenters. The van der Waals surface area contributed by atoms with Crippen LogP contribution in [-0.4, -0.2) is 11.5 Å². The molecule has 2 aromatic rings. The highest BCUT2D eigenvalue weighted by Crippen LogP contribution is 2.36. The first-order valence-electron chi connectivity index (χ1n) is 6.83. The van der Waals surface area contributed by atoms with Gasteiger partial charge >= 0.3 is 0 Å². The Kier molecular flexibility index (Phi) is 3.35. The molecule has 0 spiro atoms. The van der Waals surface area contributed by atoms with Crippen molar-refractivity contribution in [3.05, 3.63) is 29.3 Å². The van der Waals surface area contributed by atoms with Gasteiger partial charge in [-0.1, -0.05) is 19.1 Å². The van der Waals surface area contributed by atoms with Gasteiger partial charge in [0.25, 0.3) is 0 Å². The molecule has 1 aromatic carbocycles. The molecule has 1 heterocycles. The molecule has 2 atom stereocenters. The summed E-state index contributed by atoms with van der Waals surface area (Å²) in [5.74, 6) is 1.78. The fourth-order valence-electron chi connectivity index (χ4n) is 2.36. The Morgan fingerprint density at radius 2 is 2.11 bits per heavy atom. The molecule has 1 N–H and O–H groups in total. The van der Waals surface area contributed by atoms with Gasteiger partial charge in [-0.15, -0.1) is 11.3 Å². The van der Waals surface area contributed by atoms with Crippen LogP contribution in [0.2, 0.25) is 0 Å². The Bertz CT molecular complexity index is 497. The van der Waals surface area contributed by atoms with Crippen molar-refractivity contribution in [2.24, 2.45) is 11.8 Å². The van der Waals surface area contributed by atoms with Crippen LogP contribution in [0.5, 0.6) is 0 Å². The average Bonchev–Trinajstić information content (AvgIpc) is 3.14. The van der Waals surface area contributed by atoms with Crippen LogP contribution in [0.1, 0.15) is 37.7 Å². The van der Waals surface area contributed by atoms with Crippen molar-refractivity contribution in [2.75, 3.05) is 6.54 Å². The third-order valence-corrected chi connectivity index (χ3v) is 5.07. The van der Waals surface area contributed by atoms with Crippen molar-refractivity contribution in [2.45, 2.75) is 32.7 Å². The number of rotatable bonds is 5. The maximum atomic E-state index is 4.71. The minimum Gasteiger partial charge on any atom is -0.308 e. The van der Waals surface area contributed by atoms with E-state index in [1.165, 1.54) is 22.5 Å². The number of aromatic nitrogens is 1. The van der Waals surface area contributed by atoms with Crippen LogP contribution in [0.4, 0.5) is 0 Å². The third-order valence-electron chi connectivity index (χ3n) is 3.85. The molecule has 1 fully saturated rings. The van der Waals surface area contributed by atoms with E-state index in [-0.39, 0.29) is 0 Å². The molecule has 1 aromatic heterocycles. The van der Waals surface area contributed by atoms with E-state index in [1.807, 2.05) is 11.3 Å². The molecule has 0 aliphatic heterocycles. The lowest BCUT2D eigenvalue weighted by atomic mass is 10.1. The second-order valence-electron chi connectivity index (χ2n) is 5.46. The number of hydrogen-bond acceptors (Lipinski definition) is 3. The highest BCUT2D eigenvalue weighted by Gasteiger charge is 2.27. The van der Waals surface area contributed by atoms with Crippen LogP contribution in [0.25, 0.3) is 10.2 Å². The lowest BCUT2D eigenvalue weighted by molar-refractivity contribution is 0.431. The van der Waals surface area contributed by atoms with Gasteiger partial charge in [0, 0.05) is 0 Å². The van der Waals surface area contributed by atoms with Crippen molar-refractivity contribution in [1.82, 2.24) is 10.3 Å². The van der Waals surface area contributed by atoms with Gasteiger partial charge in [-0.2, -0.15) is 0 Å².